The van der Waals surface area contributed by atoms with Crippen LogP contribution in [0.3, 0.4) is 0 Å². The summed E-state index contributed by atoms with van der Waals surface area (Å²) in [5.74, 6) is 0.213. The van der Waals surface area contributed by atoms with Crippen LogP contribution < -0.4 is 0 Å². The van der Waals surface area contributed by atoms with Crippen LogP contribution in [0, 0.1) is 6.92 Å². The molecule has 0 aliphatic rings. The lowest BCUT2D eigenvalue weighted by molar-refractivity contribution is 0.466. The van der Waals surface area contributed by atoms with E-state index in [1.54, 1.807) is 18.5 Å². The summed E-state index contributed by atoms with van der Waals surface area (Å²) in [6.45, 7) is 2.33. The highest BCUT2D eigenvalue weighted by Crippen LogP contribution is 2.27. The molecular weight excluding hydrogens is 314 g/mol. The van der Waals surface area contributed by atoms with Gasteiger partial charge in [0.1, 0.15) is 0 Å². The van der Waals surface area contributed by atoms with Crippen LogP contribution in [0.1, 0.15) is 16.0 Å². The zero-order chi connectivity index (χ0) is 14.8. The molecule has 0 saturated heterocycles. The number of alkyl halides is 1. The van der Waals surface area contributed by atoms with Gasteiger partial charge in [0, 0.05) is 18.5 Å². The molecule has 0 aliphatic carbocycles. The first kappa shape index (κ1) is 15.5. The maximum Gasteiger partial charge on any atom is 0.244 e. The van der Waals surface area contributed by atoms with Crippen molar-refractivity contribution >= 4 is 33.0 Å². The smallest absolute Gasteiger partial charge is 0.207 e. The minimum absolute atomic E-state index is 0.213. The van der Waals surface area contributed by atoms with Crippen molar-refractivity contribution in [1.29, 1.82) is 0 Å². The molecule has 20 heavy (non-hydrogen) atoms. The van der Waals surface area contributed by atoms with E-state index >= 15 is 0 Å². The third-order valence-electron chi connectivity index (χ3n) is 3.17. The predicted octanol–water partition coefficient (Wildman–Crippen LogP) is 3.62. The zero-order valence-corrected chi connectivity index (χ0v) is 13.7. The van der Waals surface area contributed by atoms with Crippen molar-refractivity contribution < 1.29 is 8.42 Å². The van der Waals surface area contributed by atoms with Crippen LogP contribution in [0.2, 0.25) is 0 Å². The van der Waals surface area contributed by atoms with Gasteiger partial charge in [-0.15, -0.1) is 22.9 Å². The van der Waals surface area contributed by atoms with E-state index in [4.69, 9.17) is 11.6 Å². The van der Waals surface area contributed by atoms with E-state index in [9.17, 15) is 8.42 Å². The summed E-state index contributed by atoms with van der Waals surface area (Å²) < 4.78 is 26.5. The number of aryl methyl sites for hydroxylation is 1. The third kappa shape index (κ3) is 3.06. The number of sulfonamides is 1. The third-order valence-corrected chi connectivity index (χ3v) is 6.53. The fourth-order valence-corrected chi connectivity index (χ4v) is 4.76. The van der Waals surface area contributed by atoms with Crippen LogP contribution in [0.4, 0.5) is 0 Å². The first-order valence-corrected chi connectivity index (χ1v) is 8.95. The number of hydrogen-bond donors (Lipinski definition) is 0. The quantitative estimate of drug-likeness (QED) is 0.786. The molecule has 1 aromatic heterocycles. The predicted molar refractivity (Wildman–Crippen MR) is 83.7 cm³/mol. The summed E-state index contributed by atoms with van der Waals surface area (Å²) in [5, 5.41) is 1.76. The number of benzene rings is 1. The molecule has 1 heterocycles. The number of hydrogen-bond acceptors (Lipinski definition) is 3. The fraction of sp³-hybridized carbons (Fsp3) is 0.286. The summed E-state index contributed by atoms with van der Waals surface area (Å²) in [6.07, 6.45) is 0. The Morgan fingerprint density at radius 1 is 1.25 bits per heavy atom. The van der Waals surface area contributed by atoms with Gasteiger partial charge in [-0.1, -0.05) is 24.3 Å². The van der Waals surface area contributed by atoms with Crippen molar-refractivity contribution in [3.05, 3.63) is 51.7 Å². The monoisotopic (exact) mass is 329 g/mol. The van der Waals surface area contributed by atoms with E-state index in [1.807, 2.05) is 31.2 Å². The van der Waals surface area contributed by atoms with Crippen molar-refractivity contribution in [1.82, 2.24) is 4.31 Å². The lowest BCUT2D eigenvalue weighted by Gasteiger charge is -2.18. The maximum absolute atomic E-state index is 12.6. The maximum atomic E-state index is 12.6. The zero-order valence-electron chi connectivity index (χ0n) is 11.3. The molecule has 0 unspecified atom stereocenters. The van der Waals surface area contributed by atoms with Crippen LogP contribution in [0.25, 0.3) is 0 Å². The van der Waals surface area contributed by atoms with E-state index in [0.29, 0.717) is 16.3 Å². The van der Waals surface area contributed by atoms with Crippen LogP contribution in [-0.4, -0.2) is 19.8 Å². The van der Waals surface area contributed by atoms with Crippen LogP contribution in [0.15, 0.2) is 40.6 Å². The molecule has 0 radical (unpaired) electrons. The molecule has 0 bridgehead atoms. The number of thiophene rings is 1. The Bertz CT molecular complexity index is 695. The second-order valence-corrected chi connectivity index (χ2v) is 7.81. The average Bonchev–Trinajstić information content (AvgIpc) is 2.90. The molecule has 2 rings (SSSR count). The summed E-state index contributed by atoms with van der Waals surface area (Å²) in [6, 6.07) is 9.39. The first-order chi connectivity index (χ1) is 9.46. The second-order valence-electron chi connectivity index (χ2n) is 4.53. The molecule has 2 aromatic rings. The highest BCUT2D eigenvalue weighted by atomic mass is 35.5. The molecular formula is C14H16ClNO2S2. The van der Waals surface area contributed by atoms with E-state index < -0.39 is 10.0 Å². The van der Waals surface area contributed by atoms with Crippen molar-refractivity contribution in [2.24, 2.45) is 0 Å². The molecule has 0 atom stereocenters. The largest absolute Gasteiger partial charge is 0.244 e. The van der Waals surface area contributed by atoms with Crippen LogP contribution in [-0.2, 0) is 22.4 Å². The fourth-order valence-electron chi connectivity index (χ4n) is 1.94. The van der Waals surface area contributed by atoms with Gasteiger partial charge < -0.3 is 0 Å². The molecule has 0 spiro atoms. The molecule has 1 aromatic carbocycles. The van der Waals surface area contributed by atoms with Crippen molar-refractivity contribution in [3.8, 4) is 0 Å². The lowest BCUT2D eigenvalue weighted by Crippen LogP contribution is -2.27. The molecule has 6 heteroatoms. The van der Waals surface area contributed by atoms with Gasteiger partial charge in [-0.3, -0.25) is 0 Å². The Morgan fingerprint density at radius 3 is 2.60 bits per heavy atom. The molecule has 0 saturated carbocycles. The minimum atomic E-state index is -3.49. The number of rotatable bonds is 5. The summed E-state index contributed by atoms with van der Waals surface area (Å²) >= 11 is 7.16. The summed E-state index contributed by atoms with van der Waals surface area (Å²) in [5.41, 5.74) is 2.08. The van der Waals surface area contributed by atoms with E-state index in [1.165, 1.54) is 15.6 Å². The molecule has 108 valence electrons. The van der Waals surface area contributed by atoms with Gasteiger partial charge in [0.15, 0.2) is 0 Å². The highest BCUT2D eigenvalue weighted by Gasteiger charge is 2.24. The van der Waals surface area contributed by atoms with E-state index in [0.717, 1.165) is 11.1 Å². The topological polar surface area (TPSA) is 37.4 Å². The Kier molecular flexibility index (Phi) is 4.86. The van der Waals surface area contributed by atoms with Gasteiger partial charge in [-0.05, 0) is 29.5 Å². The van der Waals surface area contributed by atoms with Crippen molar-refractivity contribution in [3.63, 3.8) is 0 Å². The average molecular weight is 330 g/mol. The van der Waals surface area contributed by atoms with E-state index in [2.05, 4.69) is 0 Å². The molecule has 0 aliphatic heterocycles. The normalized spacial score (nSPS) is 12.0. The van der Waals surface area contributed by atoms with Crippen molar-refractivity contribution in [2.75, 3.05) is 7.05 Å². The van der Waals surface area contributed by atoms with Gasteiger partial charge in [-0.25, -0.2) is 8.42 Å². The molecule has 0 N–H and O–H groups in total. The Labute approximate surface area is 128 Å². The van der Waals surface area contributed by atoms with Crippen LogP contribution >= 0.6 is 22.9 Å². The van der Waals surface area contributed by atoms with Crippen LogP contribution in [0.5, 0.6) is 0 Å². The Balaban J connectivity index is 2.29. The van der Waals surface area contributed by atoms with Gasteiger partial charge in [-0.2, -0.15) is 4.31 Å². The minimum Gasteiger partial charge on any atom is -0.207 e. The molecule has 3 nitrogen and oxygen atoms in total. The Morgan fingerprint density at radius 2 is 1.95 bits per heavy atom. The highest BCUT2D eigenvalue weighted by molar-refractivity contribution is 7.89. The second kappa shape index (κ2) is 6.26. The standard InChI is InChI=1S/C14H16ClNO2S2/c1-11-5-3-4-6-12(11)10-16(2)20(17,18)14-7-8-19-13(14)9-15/h3-8H,9-10H2,1-2H3. The SMILES string of the molecule is Cc1ccccc1CN(C)S(=O)(=O)c1ccsc1CCl. The molecule has 0 fully saturated rings. The first-order valence-electron chi connectivity index (χ1n) is 6.10. The Hall–Kier alpha value is -0.880. The number of halogens is 1. The van der Waals surface area contributed by atoms with Gasteiger partial charge in [0.05, 0.1) is 10.8 Å². The van der Waals surface area contributed by atoms with Gasteiger partial charge in [0.25, 0.3) is 0 Å². The van der Waals surface area contributed by atoms with Gasteiger partial charge in [0.2, 0.25) is 10.0 Å². The number of nitrogens with zero attached hydrogens (tertiary/aromatic N) is 1. The van der Waals surface area contributed by atoms with Gasteiger partial charge >= 0.3 is 0 Å². The van der Waals surface area contributed by atoms with Crippen molar-refractivity contribution in [2.45, 2.75) is 24.2 Å². The summed E-state index contributed by atoms with van der Waals surface area (Å²) in [4.78, 5) is 0.997. The van der Waals surface area contributed by atoms with E-state index in [-0.39, 0.29) is 5.88 Å². The summed E-state index contributed by atoms with van der Waals surface area (Å²) in [7, 11) is -1.90. The molecule has 0 amide bonds. The lowest BCUT2D eigenvalue weighted by atomic mass is 10.1.